The molecule has 0 aromatic heterocycles. The van der Waals surface area contributed by atoms with Crippen LogP contribution in [0.5, 0.6) is 0 Å². The molecule has 7 heteroatoms. The molecule has 0 aliphatic carbocycles. The van der Waals surface area contributed by atoms with Gasteiger partial charge in [-0.25, -0.2) is 0 Å². The second-order valence-corrected chi connectivity index (χ2v) is 7.48. The Morgan fingerprint density at radius 1 is 1.20 bits per heavy atom. The number of nitrogens with zero attached hydrogens (tertiary/aromatic N) is 1. The van der Waals surface area contributed by atoms with Crippen LogP contribution in [0, 0.1) is 17.0 Å². The van der Waals surface area contributed by atoms with Crippen LogP contribution in [0.1, 0.15) is 42.4 Å². The van der Waals surface area contributed by atoms with Crippen LogP contribution in [0.4, 0.5) is 5.69 Å². The Kier molecular flexibility index (Phi) is 5.92. The van der Waals surface area contributed by atoms with Gasteiger partial charge >= 0.3 is 0 Å². The summed E-state index contributed by atoms with van der Waals surface area (Å²) in [6.45, 7) is 3.81. The average molecular weight is 363 g/mol. The molecule has 0 heterocycles. The lowest BCUT2D eigenvalue weighted by molar-refractivity contribution is -0.385. The van der Waals surface area contributed by atoms with E-state index in [1.165, 1.54) is 12.1 Å². The van der Waals surface area contributed by atoms with E-state index in [0.29, 0.717) is 24.0 Å². The number of benzene rings is 2. The molecule has 134 valence electrons. The molecule has 25 heavy (non-hydrogen) atoms. The number of nitro groups is 1. The maximum absolute atomic E-state index is 11.7. The maximum Gasteiger partial charge on any atom is 0.294 e. The first-order chi connectivity index (χ1) is 11.7. The van der Waals surface area contributed by atoms with Gasteiger partial charge in [-0.05, 0) is 37.3 Å². The fourth-order valence-electron chi connectivity index (χ4n) is 3.06. The van der Waals surface area contributed by atoms with Crippen molar-refractivity contribution in [2.24, 2.45) is 0 Å². The normalized spacial score (nSPS) is 12.8. The van der Waals surface area contributed by atoms with E-state index in [1.807, 2.05) is 13.8 Å². The fraction of sp³-hybridized carbons (Fsp3) is 0.333. The Morgan fingerprint density at radius 2 is 1.88 bits per heavy atom. The molecule has 0 saturated heterocycles. The van der Waals surface area contributed by atoms with Gasteiger partial charge in [-0.15, -0.1) is 0 Å². The molecule has 0 spiro atoms. The van der Waals surface area contributed by atoms with Crippen LogP contribution >= 0.6 is 0 Å². The number of hydrogen-bond donors (Lipinski definition) is 1. The molecule has 0 fully saturated rings. The topological polar surface area (TPSA) is 97.5 Å². The summed E-state index contributed by atoms with van der Waals surface area (Å²) in [5, 5.41) is 11.2. The van der Waals surface area contributed by atoms with Crippen LogP contribution in [-0.2, 0) is 16.5 Å². The van der Waals surface area contributed by atoms with Crippen molar-refractivity contribution < 1.29 is 17.9 Å². The van der Waals surface area contributed by atoms with Gasteiger partial charge in [0.1, 0.15) is 0 Å². The van der Waals surface area contributed by atoms with Crippen LogP contribution in [-0.4, -0.2) is 17.9 Å². The summed E-state index contributed by atoms with van der Waals surface area (Å²) < 4.78 is 33.0. The summed E-state index contributed by atoms with van der Waals surface area (Å²) >= 11 is 0. The predicted molar refractivity (Wildman–Crippen MR) is 95.4 cm³/mol. The van der Waals surface area contributed by atoms with Crippen molar-refractivity contribution in [2.45, 2.75) is 43.9 Å². The number of aryl methyl sites for hydroxylation is 1. The van der Waals surface area contributed by atoms with Crippen molar-refractivity contribution in [2.75, 3.05) is 0 Å². The Hall–Kier alpha value is -2.25. The van der Waals surface area contributed by atoms with E-state index >= 15 is 0 Å². The molecular formula is C18H21NO5S. The second-order valence-electron chi connectivity index (χ2n) is 6.09. The SMILES string of the molecule is CCCC(Cc1ccccc1[N+](=O)[O-])c1cc(C)ccc1S(=O)(=O)O. The monoisotopic (exact) mass is 363 g/mol. The van der Waals surface area contributed by atoms with E-state index in [1.54, 1.807) is 30.3 Å². The van der Waals surface area contributed by atoms with E-state index < -0.39 is 15.0 Å². The Morgan fingerprint density at radius 3 is 2.48 bits per heavy atom. The molecule has 1 atom stereocenters. The Balaban J connectivity index is 2.54. The Labute approximate surface area is 147 Å². The van der Waals surface area contributed by atoms with Crippen molar-refractivity contribution in [1.82, 2.24) is 0 Å². The molecule has 6 nitrogen and oxygen atoms in total. The smallest absolute Gasteiger partial charge is 0.282 e. The lowest BCUT2D eigenvalue weighted by Crippen LogP contribution is -2.11. The second kappa shape index (κ2) is 7.76. The van der Waals surface area contributed by atoms with Gasteiger partial charge in [0.25, 0.3) is 15.8 Å². The van der Waals surface area contributed by atoms with E-state index in [9.17, 15) is 23.1 Å². The zero-order valence-electron chi connectivity index (χ0n) is 14.2. The van der Waals surface area contributed by atoms with Crippen molar-refractivity contribution in [3.8, 4) is 0 Å². The van der Waals surface area contributed by atoms with Crippen LogP contribution in [0.3, 0.4) is 0 Å². The van der Waals surface area contributed by atoms with E-state index in [-0.39, 0.29) is 16.5 Å². The predicted octanol–water partition coefficient (Wildman–Crippen LogP) is 4.28. The third kappa shape index (κ3) is 4.64. The number of para-hydroxylation sites is 1. The summed E-state index contributed by atoms with van der Waals surface area (Å²) in [5.41, 5.74) is 1.94. The summed E-state index contributed by atoms with van der Waals surface area (Å²) in [4.78, 5) is 10.7. The molecule has 2 rings (SSSR count). The largest absolute Gasteiger partial charge is 0.294 e. The molecule has 0 saturated carbocycles. The highest BCUT2D eigenvalue weighted by molar-refractivity contribution is 7.85. The number of nitro benzene ring substituents is 1. The minimum atomic E-state index is -4.37. The summed E-state index contributed by atoms with van der Waals surface area (Å²) in [7, 11) is -4.37. The van der Waals surface area contributed by atoms with Gasteiger partial charge in [0, 0.05) is 11.6 Å². The zero-order valence-corrected chi connectivity index (χ0v) is 15.0. The lowest BCUT2D eigenvalue weighted by Gasteiger charge is -2.20. The van der Waals surface area contributed by atoms with Gasteiger partial charge in [0.2, 0.25) is 0 Å². The molecule has 1 unspecified atom stereocenters. The standard InChI is InChI=1S/C18H21NO5S/c1-3-6-14(12-15-7-4-5-8-17(15)19(20)21)16-11-13(2)9-10-18(16)25(22,23)24/h4-5,7-11,14H,3,6,12H2,1-2H3,(H,22,23,24). The third-order valence-corrected chi connectivity index (χ3v) is 5.10. The molecular weight excluding hydrogens is 342 g/mol. The third-order valence-electron chi connectivity index (χ3n) is 4.17. The first-order valence-corrected chi connectivity index (χ1v) is 9.48. The minimum absolute atomic E-state index is 0.0182. The first-order valence-electron chi connectivity index (χ1n) is 8.04. The van der Waals surface area contributed by atoms with Gasteiger partial charge in [-0.1, -0.05) is 49.2 Å². The van der Waals surface area contributed by atoms with Crippen molar-refractivity contribution in [3.63, 3.8) is 0 Å². The average Bonchev–Trinajstić information content (AvgIpc) is 2.53. The molecule has 0 aliphatic heterocycles. The Bertz CT molecular complexity index is 877. The highest BCUT2D eigenvalue weighted by Gasteiger charge is 2.24. The fourth-order valence-corrected chi connectivity index (χ4v) is 3.83. The van der Waals surface area contributed by atoms with Gasteiger partial charge in [0.05, 0.1) is 9.82 Å². The van der Waals surface area contributed by atoms with E-state index in [2.05, 4.69) is 0 Å². The zero-order chi connectivity index (χ0) is 18.6. The van der Waals surface area contributed by atoms with Gasteiger partial charge in [0.15, 0.2) is 0 Å². The van der Waals surface area contributed by atoms with E-state index in [4.69, 9.17) is 0 Å². The highest BCUT2D eigenvalue weighted by atomic mass is 32.2. The molecule has 1 N–H and O–H groups in total. The van der Waals surface area contributed by atoms with Crippen molar-refractivity contribution in [3.05, 3.63) is 69.3 Å². The van der Waals surface area contributed by atoms with Crippen LogP contribution in [0.25, 0.3) is 0 Å². The number of hydrogen-bond acceptors (Lipinski definition) is 4. The quantitative estimate of drug-likeness (QED) is 0.450. The molecule has 0 radical (unpaired) electrons. The van der Waals surface area contributed by atoms with E-state index in [0.717, 1.165) is 12.0 Å². The van der Waals surface area contributed by atoms with Crippen LogP contribution in [0.2, 0.25) is 0 Å². The van der Waals surface area contributed by atoms with Crippen LogP contribution in [0.15, 0.2) is 47.4 Å². The molecule has 0 aliphatic rings. The highest BCUT2D eigenvalue weighted by Crippen LogP contribution is 2.33. The van der Waals surface area contributed by atoms with Crippen LogP contribution < -0.4 is 0 Å². The summed E-state index contributed by atoms with van der Waals surface area (Å²) in [5.74, 6) is -0.247. The molecule has 0 bridgehead atoms. The van der Waals surface area contributed by atoms with Gasteiger partial charge < -0.3 is 0 Å². The maximum atomic E-state index is 11.7. The summed E-state index contributed by atoms with van der Waals surface area (Å²) in [6, 6.07) is 11.2. The lowest BCUT2D eigenvalue weighted by atomic mass is 9.87. The molecule has 2 aromatic rings. The number of rotatable bonds is 7. The van der Waals surface area contributed by atoms with Crippen molar-refractivity contribution >= 4 is 15.8 Å². The summed E-state index contributed by atoms with van der Waals surface area (Å²) in [6.07, 6.45) is 1.76. The van der Waals surface area contributed by atoms with Crippen molar-refractivity contribution in [1.29, 1.82) is 0 Å². The van der Waals surface area contributed by atoms with Gasteiger partial charge in [-0.3, -0.25) is 14.7 Å². The minimum Gasteiger partial charge on any atom is -0.282 e. The molecule has 2 aromatic carbocycles. The van der Waals surface area contributed by atoms with Gasteiger partial charge in [-0.2, -0.15) is 8.42 Å². The first kappa shape index (κ1) is 19.1. The molecule has 0 amide bonds.